The molecule has 0 aromatic rings. The van der Waals surface area contributed by atoms with Gasteiger partial charge in [-0.2, -0.15) is 0 Å². The first-order valence-electron chi connectivity index (χ1n) is 5.26. The molecule has 0 radical (unpaired) electrons. The van der Waals surface area contributed by atoms with E-state index in [1.807, 2.05) is 0 Å². The lowest BCUT2D eigenvalue weighted by atomic mass is 9.98. The van der Waals surface area contributed by atoms with Crippen molar-refractivity contribution in [3.63, 3.8) is 0 Å². The van der Waals surface area contributed by atoms with Gasteiger partial charge in [0, 0.05) is 5.57 Å². The van der Waals surface area contributed by atoms with Crippen molar-refractivity contribution in [3.05, 3.63) is 11.6 Å². The maximum absolute atomic E-state index is 10.8. The lowest BCUT2D eigenvalue weighted by Crippen LogP contribution is -2.12. The van der Waals surface area contributed by atoms with Gasteiger partial charge in [0.05, 0.1) is 5.92 Å². The lowest BCUT2D eigenvalue weighted by molar-refractivity contribution is -0.142. The molecule has 0 spiro atoms. The van der Waals surface area contributed by atoms with Crippen LogP contribution in [0.1, 0.15) is 38.5 Å². The van der Waals surface area contributed by atoms with E-state index in [1.165, 1.54) is 0 Å². The molecule has 1 aliphatic carbocycles. The second-order valence-corrected chi connectivity index (χ2v) is 3.90. The van der Waals surface area contributed by atoms with E-state index in [4.69, 9.17) is 10.2 Å². The van der Waals surface area contributed by atoms with Gasteiger partial charge in [-0.05, 0) is 25.7 Å². The molecule has 4 heteroatoms. The third kappa shape index (κ3) is 3.73. The SMILES string of the molecule is O=C(O)C1=CCC(C(=O)O)CCCCC1. The third-order valence-electron chi connectivity index (χ3n) is 2.77. The Bertz CT molecular complexity index is 280. The van der Waals surface area contributed by atoms with Gasteiger partial charge in [-0.3, -0.25) is 4.79 Å². The molecule has 2 N–H and O–H groups in total. The zero-order valence-corrected chi connectivity index (χ0v) is 8.61. The Balaban J connectivity index is 2.70. The molecule has 0 heterocycles. The number of hydrogen-bond acceptors (Lipinski definition) is 2. The van der Waals surface area contributed by atoms with Crippen molar-refractivity contribution in [2.45, 2.75) is 38.5 Å². The van der Waals surface area contributed by atoms with Crippen LogP contribution in [-0.4, -0.2) is 22.2 Å². The Morgan fingerprint density at radius 1 is 1.20 bits per heavy atom. The zero-order valence-electron chi connectivity index (χ0n) is 8.61. The van der Waals surface area contributed by atoms with Crippen LogP contribution in [0.4, 0.5) is 0 Å². The smallest absolute Gasteiger partial charge is 0.331 e. The molecule has 0 aliphatic heterocycles. The molecular weight excluding hydrogens is 196 g/mol. The number of hydrogen-bond donors (Lipinski definition) is 2. The molecule has 84 valence electrons. The van der Waals surface area contributed by atoms with Crippen molar-refractivity contribution in [3.8, 4) is 0 Å². The lowest BCUT2D eigenvalue weighted by Gasteiger charge is -2.07. The van der Waals surface area contributed by atoms with Gasteiger partial charge in [-0.1, -0.05) is 18.9 Å². The number of carboxylic acids is 2. The van der Waals surface area contributed by atoms with E-state index in [9.17, 15) is 9.59 Å². The van der Waals surface area contributed by atoms with E-state index in [1.54, 1.807) is 6.08 Å². The molecule has 0 amide bonds. The molecule has 15 heavy (non-hydrogen) atoms. The van der Waals surface area contributed by atoms with Crippen LogP contribution < -0.4 is 0 Å². The monoisotopic (exact) mass is 212 g/mol. The quantitative estimate of drug-likeness (QED) is 0.734. The Morgan fingerprint density at radius 3 is 2.53 bits per heavy atom. The van der Waals surface area contributed by atoms with Gasteiger partial charge in [-0.25, -0.2) is 4.79 Å². The molecule has 1 aliphatic rings. The number of carbonyl (C=O) groups is 2. The highest BCUT2D eigenvalue weighted by molar-refractivity contribution is 5.86. The van der Waals surface area contributed by atoms with Gasteiger partial charge in [0.1, 0.15) is 0 Å². The second-order valence-electron chi connectivity index (χ2n) is 3.90. The van der Waals surface area contributed by atoms with Crippen molar-refractivity contribution < 1.29 is 19.8 Å². The maximum Gasteiger partial charge on any atom is 0.331 e. The molecule has 0 bridgehead atoms. The predicted octanol–water partition coefficient (Wildman–Crippen LogP) is 2.05. The second kappa shape index (κ2) is 5.53. The molecular formula is C11H16O4. The highest BCUT2D eigenvalue weighted by atomic mass is 16.4. The fraction of sp³-hybridized carbons (Fsp3) is 0.636. The van der Waals surface area contributed by atoms with Gasteiger partial charge in [0.2, 0.25) is 0 Å². The summed E-state index contributed by atoms with van der Waals surface area (Å²) in [5, 5.41) is 17.8. The number of carboxylic acid groups (broad SMARTS) is 2. The molecule has 0 saturated heterocycles. The summed E-state index contributed by atoms with van der Waals surface area (Å²) in [6.45, 7) is 0. The highest BCUT2D eigenvalue weighted by Gasteiger charge is 2.18. The van der Waals surface area contributed by atoms with Crippen molar-refractivity contribution in [1.82, 2.24) is 0 Å². The average molecular weight is 212 g/mol. The molecule has 0 fully saturated rings. The summed E-state index contributed by atoms with van der Waals surface area (Å²) in [5.41, 5.74) is 0.364. The highest BCUT2D eigenvalue weighted by Crippen LogP contribution is 2.21. The van der Waals surface area contributed by atoms with Gasteiger partial charge >= 0.3 is 11.9 Å². The minimum Gasteiger partial charge on any atom is -0.481 e. The predicted molar refractivity (Wildman–Crippen MR) is 54.5 cm³/mol. The summed E-state index contributed by atoms with van der Waals surface area (Å²) in [4.78, 5) is 21.6. The van der Waals surface area contributed by atoms with Gasteiger partial charge in [-0.15, -0.1) is 0 Å². The van der Waals surface area contributed by atoms with E-state index in [0.29, 0.717) is 24.8 Å². The van der Waals surface area contributed by atoms with Gasteiger partial charge < -0.3 is 10.2 Å². The van der Waals surface area contributed by atoms with Crippen LogP contribution in [-0.2, 0) is 9.59 Å². The molecule has 0 aromatic carbocycles. The summed E-state index contributed by atoms with van der Waals surface area (Å²) in [6, 6.07) is 0. The fourth-order valence-corrected chi connectivity index (χ4v) is 1.81. The largest absolute Gasteiger partial charge is 0.481 e. The average Bonchev–Trinajstić information content (AvgIpc) is 2.27. The van der Waals surface area contributed by atoms with Crippen LogP contribution in [0.2, 0.25) is 0 Å². The molecule has 1 atom stereocenters. The standard InChI is InChI=1S/C11H16O4/c12-10(13)8-4-2-1-3-5-9(7-6-8)11(14)15/h6,9H,1-5,7H2,(H,12,13)(H,14,15). The normalized spacial score (nSPS) is 23.2. The molecule has 0 aromatic heterocycles. The number of aliphatic carboxylic acids is 2. The minimum atomic E-state index is -0.916. The maximum atomic E-state index is 10.8. The van der Waals surface area contributed by atoms with Crippen LogP contribution in [0.25, 0.3) is 0 Å². The van der Waals surface area contributed by atoms with Crippen LogP contribution in [0.3, 0.4) is 0 Å². The number of allylic oxidation sites excluding steroid dienone is 1. The minimum absolute atomic E-state index is 0.344. The summed E-state index contributed by atoms with van der Waals surface area (Å²) in [6.07, 6.45) is 5.75. The Hall–Kier alpha value is -1.32. The first-order chi connectivity index (χ1) is 7.11. The summed E-state index contributed by atoms with van der Waals surface area (Å²) >= 11 is 0. The summed E-state index contributed by atoms with van der Waals surface area (Å²) < 4.78 is 0. The Kier molecular flexibility index (Phi) is 4.34. The van der Waals surface area contributed by atoms with E-state index < -0.39 is 17.9 Å². The van der Waals surface area contributed by atoms with E-state index in [2.05, 4.69) is 0 Å². The first kappa shape index (κ1) is 11.8. The Morgan fingerprint density at radius 2 is 1.93 bits per heavy atom. The van der Waals surface area contributed by atoms with Crippen LogP contribution in [0.5, 0.6) is 0 Å². The van der Waals surface area contributed by atoms with E-state index in [0.717, 1.165) is 19.3 Å². The van der Waals surface area contributed by atoms with Crippen LogP contribution in [0, 0.1) is 5.92 Å². The van der Waals surface area contributed by atoms with Gasteiger partial charge in [0.15, 0.2) is 0 Å². The topological polar surface area (TPSA) is 74.6 Å². The van der Waals surface area contributed by atoms with E-state index in [-0.39, 0.29) is 0 Å². The third-order valence-corrected chi connectivity index (χ3v) is 2.77. The molecule has 4 nitrogen and oxygen atoms in total. The summed E-state index contributed by atoms with van der Waals surface area (Å²) in [5.74, 6) is -2.16. The van der Waals surface area contributed by atoms with Gasteiger partial charge in [0.25, 0.3) is 0 Å². The Labute approximate surface area is 88.6 Å². The van der Waals surface area contributed by atoms with Crippen molar-refractivity contribution in [1.29, 1.82) is 0 Å². The fourth-order valence-electron chi connectivity index (χ4n) is 1.81. The number of rotatable bonds is 2. The van der Waals surface area contributed by atoms with E-state index >= 15 is 0 Å². The van der Waals surface area contributed by atoms with Crippen LogP contribution in [0.15, 0.2) is 11.6 Å². The molecule has 1 unspecified atom stereocenters. The zero-order chi connectivity index (χ0) is 11.3. The van der Waals surface area contributed by atoms with Crippen molar-refractivity contribution in [2.24, 2.45) is 5.92 Å². The first-order valence-corrected chi connectivity index (χ1v) is 5.26. The summed E-state index contributed by atoms with van der Waals surface area (Å²) in [7, 11) is 0. The molecule has 0 saturated carbocycles. The van der Waals surface area contributed by atoms with Crippen molar-refractivity contribution >= 4 is 11.9 Å². The van der Waals surface area contributed by atoms with Crippen molar-refractivity contribution in [2.75, 3.05) is 0 Å². The van der Waals surface area contributed by atoms with Crippen LogP contribution >= 0.6 is 0 Å². The molecule has 1 rings (SSSR count).